The summed E-state index contributed by atoms with van der Waals surface area (Å²) in [5, 5.41) is 9.98. The number of ether oxygens (including phenoxy) is 3. The molecule has 2 aliphatic rings. The minimum absolute atomic E-state index is 0.0574. The summed E-state index contributed by atoms with van der Waals surface area (Å²) in [6.07, 6.45) is 4.37. The molecule has 1 aliphatic heterocycles. The van der Waals surface area contributed by atoms with Gasteiger partial charge in [0.25, 0.3) is 0 Å². The smallest absolute Gasteiger partial charge is 0.306 e. The van der Waals surface area contributed by atoms with Gasteiger partial charge in [-0.05, 0) is 86.1 Å². The van der Waals surface area contributed by atoms with Crippen LogP contribution in [0.4, 0.5) is 4.39 Å². The van der Waals surface area contributed by atoms with E-state index in [1.807, 2.05) is 38.1 Å². The van der Waals surface area contributed by atoms with Crippen LogP contribution in [0.5, 0.6) is 11.5 Å². The Morgan fingerprint density at radius 3 is 2.60 bits per heavy atom. The molecule has 7 nitrogen and oxygen atoms in total. The number of aryl methyl sites for hydroxylation is 2. The summed E-state index contributed by atoms with van der Waals surface area (Å²) in [7, 11) is 1.38. The Morgan fingerprint density at radius 1 is 1.19 bits per heavy atom. The highest BCUT2D eigenvalue weighted by Crippen LogP contribution is 2.45. The maximum absolute atomic E-state index is 15.4. The van der Waals surface area contributed by atoms with Crippen molar-refractivity contribution in [2.45, 2.75) is 64.6 Å². The number of rotatable bonds is 9. The number of esters is 1. The topological polar surface area (TPSA) is 103 Å². The van der Waals surface area contributed by atoms with Crippen molar-refractivity contribution in [2.75, 3.05) is 20.3 Å². The summed E-state index contributed by atoms with van der Waals surface area (Å²) in [5.41, 5.74) is 13.4. The van der Waals surface area contributed by atoms with Crippen molar-refractivity contribution < 1.29 is 28.5 Å². The fourth-order valence-electron chi connectivity index (χ4n) is 6.11. The van der Waals surface area contributed by atoms with E-state index in [2.05, 4.69) is 17.1 Å². The van der Waals surface area contributed by atoms with Gasteiger partial charge in [-0.1, -0.05) is 24.3 Å². The van der Waals surface area contributed by atoms with Crippen molar-refractivity contribution in [1.29, 1.82) is 0 Å². The van der Waals surface area contributed by atoms with Crippen LogP contribution in [0, 0.1) is 19.7 Å². The number of halogens is 1. The highest BCUT2D eigenvalue weighted by atomic mass is 19.1. The third-order valence-electron chi connectivity index (χ3n) is 8.09. The molecule has 0 amide bonds. The highest BCUT2D eigenvalue weighted by molar-refractivity contribution is 6.10. The Morgan fingerprint density at radius 2 is 1.93 bits per heavy atom. The van der Waals surface area contributed by atoms with Crippen LogP contribution in [0.1, 0.15) is 72.1 Å². The van der Waals surface area contributed by atoms with Crippen LogP contribution in [0.3, 0.4) is 0 Å². The molecule has 8 heteroatoms. The van der Waals surface area contributed by atoms with E-state index >= 15 is 4.39 Å². The number of allylic oxidation sites excluding steroid dienone is 1. The van der Waals surface area contributed by atoms with Crippen LogP contribution >= 0.6 is 0 Å². The van der Waals surface area contributed by atoms with Gasteiger partial charge in [0.15, 0.2) is 0 Å². The molecule has 0 saturated carbocycles. The second-order valence-electron chi connectivity index (χ2n) is 12.0. The Labute approximate surface area is 252 Å². The summed E-state index contributed by atoms with van der Waals surface area (Å²) in [5.74, 6) is 0.673. The van der Waals surface area contributed by atoms with Gasteiger partial charge >= 0.3 is 5.97 Å². The van der Waals surface area contributed by atoms with E-state index < -0.39 is 11.7 Å². The fraction of sp³-hybridized carbons (Fsp3) is 0.371. The van der Waals surface area contributed by atoms with E-state index in [1.54, 1.807) is 20.1 Å². The average molecular weight is 587 g/mol. The largest absolute Gasteiger partial charge is 0.492 e. The van der Waals surface area contributed by atoms with Crippen molar-refractivity contribution in [3.8, 4) is 22.6 Å². The van der Waals surface area contributed by atoms with Crippen LogP contribution in [-0.2, 0) is 16.0 Å². The standard InChI is InChI=1S/C35H39FN2O5/c1-20-12-22(24(16-37)17-38-19-35(3,4)40)13-21(2)33(20)27-8-10-29(36)34-28(27)9-11-30(34)43-25-6-7-26-23(14-32(39)41-5)18-42-31(26)15-25/h6-8,10,12-13,15-17,23,30,40H,9,11,14,18-19,37H2,1-5H3/b24-16+,38-17?/t23-,30-/m1/s1. The molecule has 43 heavy (non-hydrogen) atoms. The lowest BCUT2D eigenvalue weighted by molar-refractivity contribution is -0.141. The number of nitrogens with zero attached hydrogens (tertiary/aromatic N) is 1. The van der Waals surface area contributed by atoms with E-state index in [9.17, 15) is 9.90 Å². The second kappa shape index (κ2) is 12.2. The summed E-state index contributed by atoms with van der Waals surface area (Å²) in [6.45, 7) is 8.18. The minimum Gasteiger partial charge on any atom is -0.492 e. The van der Waals surface area contributed by atoms with Crippen molar-refractivity contribution in [3.05, 3.63) is 87.9 Å². The van der Waals surface area contributed by atoms with Crippen molar-refractivity contribution in [1.82, 2.24) is 0 Å². The second-order valence-corrected chi connectivity index (χ2v) is 12.0. The number of nitrogens with two attached hydrogens (primary N) is 1. The Kier molecular flexibility index (Phi) is 8.60. The predicted octanol–water partition coefficient (Wildman–Crippen LogP) is 6.36. The molecular weight excluding hydrogens is 547 g/mol. The number of fused-ring (bicyclic) bond motifs is 2. The minimum atomic E-state index is -0.903. The molecule has 2 atom stereocenters. The van der Waals surface area contributed by atoms with Gasteiger partial charge in [0.2, 0.25) is 0 Å². The normalized spacial score (nSPS) is 18.0. The number of hydrogen-bond acceptors (Lipinski definition) is 7. The van der Waals surface area contributed by atoms with Gasteiger partial charge < -0.3 is 25.1 Å². The summed E-state index contributed by atoms with van der Waals surface area (Å²) in [4.78, 5) is 16.1. The van der Waals surface area contributed by atoms with Crippen molar-refractivity contribution >= 4 is 17.8 Å². The molecule has 5 rings (SSSR count). The number of hydrogen-bond donors (Lipinski definition) is 2. The maximum Gasteiger partial charge on any atom is 0.306 e. The molecule has 0 fully saturated rings. The van der Waals surface area contributed by atoms with Crippen molar-refractivity contribution in [2.24, 2.45) is 10.7 Å². The Hall–Kier alpha value is -4.17. The molecule has 0 saturated heterocycles. The SMILES string of the molecule is COC(=O)C[C@@H]1COc2cc(O[C@@H]3CCc4c(-c5c(C)cc(/C(C=NCC(C)(C)O)=C/N)cc5C)ccc(F)c43)ccc21. The first-order chi connectivity index (χ1) is 20.5. The maximum atomic E-state index is 15.4. The molecule has 1 heterocycles. The third-order valence-corrected chi connectivity index (χ3v) is 8.09. The van der Waals surface area contributed by atoms with Gasteiger partial charge in [-0.3, -0.25) is 9.79 Å². The Bertz CT molecular complexity index is 1580. The highest BCUT2D eigenvalue weighted by Gasteiger charge is 2.32. The molecule has 3 aromatic rings. The first kappa shape index (κ1) is 30.3. The van der Waals surface area contributed by atoms with Gasteiger partial charge in [0, 0.05) is 41.1 Å². The monoisotopic (exact) mass is 586 g/mol. The number of methoxy groups -OCH3 is 1. The van der Waals surface area contributed by atoms with Gasteiger partial charge in [0.05, 0.1) is 32.3 Å². The van der Waals surface area contributed by atoms with Crippen LogP contribution in [0.2, 0.25) is 0 Å². The number of benzene rings is 3. The zero-order valence-electron chi connectivity index (χ0n) is 25.4. The van der Waals surface area contributed by atoms with Gasteiger partial charge in [-0.2, -0.15) is 0 Å². The zero-order chi connectivity index (χ0) is 30.9. The third kappa shape index (κ3) is 6.44. The lowest BCUT2D eigenvalue weighted by Crippen LogP contribution is -2.22. The first-order valence-electron chi connectivity index (χ1n) is 14.6. The van der Waals surface area contributed by atoms with E-state index in [0.29, 0.717) is 36.5 Å². The fourth-order valence-corrected chi connectivity index (χ4v) is 6.11. The number of carbonyl (C=O) groups excluding carboxylic acids is 1. The molecule has 3 aromatic carbocycles. The van der Waals surface area contributed by atoms with Gasteiger partial charge in [-0.15, -0.1) is 0 Å². The van der Waals surface area contributed by atoms with Crippen LogP contribution in [-0.4, -0.2) is 43.2 Å². The predicted molar refractivity (Wildman–Crippen MR) is 166 cm³/mol. The number of aliphatic hydroxyl groups is 1. The lowest BCUT2D eigenvalue weighted by atomic mass is 9.88. The zero-order valence-corrected chi connectivity index (χ0v) is 25.4. The van der Waals surface area contributed by atoms with E-state index in [4.69, 9.17) is 19.9 Å². The van der Waals surface area contributed by atoms with E-state index in [0.717, 1.165) is 44.5 Å². The van der Waals surface area contributed by atoms with Gasteiger partial charge in [-0.25, -0.2) is 4.39 Å². The molecule has 0 radical (unpaired) electrons. The first-order valence-corrected chi connectivity index (χ1v) is 14.6. The quantitative estimate of drug-likeness (QED) is 0.224. The van der Waals surface area contributed by atoms with Crippen LogP contribution in [0.15, 0.2) is 53.7 Å². The number of carbonyl (C=O) groups is 1. The van der Waals surface area contributed by atoms with E-state index in [1.165, 1.54) is 19.4 Å². The van der Waals surface area contributed by atoms with E-state index in [-0.39, 0.29) is 30.7 Å². The molecule has 3 N–H and O–H groups in total. The average Bonchev–Trinajstić information content (AvgIpc) is 3.56. The molecular formula is C35H39FN2O5. The van der Waals surface area contributed by atoms with Crippen molar-refractivity contribution in [3.63, 3.8) is 0 Å². The van der Waals surface area contributed by atoms with Crippen LogP contribution in [0.25, 0.3) is 16.7 Å². The summed E-state index contributed by atoms with van der Waals surface area (Å²) in [6, 6.07) is 13.1. The number of aliphatic imine (C=N–C) groups is 1. The molecule has 0 bridgehead atoms. The van der Waals surface area contributed by atoms with Gasteiger partial charge in [0.1, 0.15) is 23.4 Å². The molecule has 0 spiro atoms. The Balaban J connectivity index is 1.40. The summed E-state index contributed by atoms with van der Waals surface area (Å²) < 4.78 is 32.4. The molecule has 0 unspecified atom stereocenters. The van der Waals surface area contributed by atoms with Crippen LogP contribution < -0.4 is 15.2 Å². The lowest BCUT2D eigenvalue weighted by Gasteiger charge is -2.19. The molecule has 226 valence electrons. The molecule has 1 aliphatic carbocycles. The summed E-state index contributed by atoms with van der Waals surface area (Å²) >= 11 is 0. The molecule has 0 aromatic heterocycles.